The maximum absolute atomic E-state index is 10.2. The highest BCUT2D eigenvalue weighted by atomic mass is 16.4. The van der Waals surface area contributed by atoms with E-state index in [4.69, 9.17) is 10.2 Å². The van der Waals surface area contributed by atoms with Crippen molar-refractivity contribution in [3.05, 3.63) is 29.8 Å². The third kappa shape index (κ3) is 2.29. The van der Waals surface area contributed by atoms with Crippen LogP contribution in [0, 0.1) is 6.07 Å². The minimum absolute atomic E-state index is 0.0451. The predicted octanol–water partition coefficient (Wildman–Crippen LogP) is 0.819. The number of hydrogen-bond acceptors (Lipinski definition) is 2. The van der Waals surface area contributed by atoms with Gasteiger partial charge in [0, 0.05) is 0 Å². The van der Waals surface area contributed by atoms with Gasteiger partial charge in [0.05, 0.1) is 6.42 Å². The second-order valence-corrected chi connectivity index (χ2v) is 2.17. The van der Waals surface area contributed by atoms with E-state index in [1.54, 1.807) is 0 Å². The largest absolute Gasteiger partial charge is 0.508 e. The number of aromatic hydroxyl groups is 1. The molecule has 0 bridgehead atoms. The van der Waals surface area contributed by atoms with Crippen LogP contribution in [-0.4, -0.2) is 16.2 Å². The van der Waals surface area contributed by atoms with Crippen LogP contribution in [-0.2, 0) is 11.2 Å². The minimum Gasteiger partial charge on any atom is -0.508 e. The minimum atomic E-state index is -0.913. The number of carboxylic acid groups (broad SMARTS) is 1. The van der Waals surface area contributed by atoms with Gasteiger partial charge in [0.25, 0.3) is 0 Å². The molecule has 0 aliphatic carbocycles. The van der Waals surface area contributed by atoms with Gasteiger partial charge in [-0.15, -0.1) is 0 Å². The molecule has 1 radical (unpaired) electrons. The summed E-state index contributed by atoms with van der Waals surface area (Å²) < 4.78 is 0. The van der Waals surface area contributed by atoms with Gasteiger partial charge < -0.3 is 10.2 Å². The second-order valence-electron chi connectivity index (χ2n) is 2.17. The van der Waals surface area contributed by atoms with Gasteiger partial charge in [0.1, 0.15) is 5.75 Å². The van der Waals surface area contributed by atoms with E-state index in [1.165, 1.54) is 18.2 Å². The van der Waals surface area contributed by atoms with Crippen LogP contribution in [0.3, 0.4) is 0 Å². The lowest BCUT2D eigenvalue weighted by atomic mass is 10.1. The molecular formula is C8H7O3. The Hall–Kier alpha value is -1.51. The molecule has 0 heterocycles. The van der Waals surface area contributed by atoms with Crippen molar-refractivity contribution >= 4 is 5.97 Å². The molecule has 0 aliphatic heterocycles. The highest BCUT2D eigenvalue weighted by Crippen LogP contribution is 2.10. The van der Waals surface area contributed by atoms with E-state index in [0.717, 1.165) is 0 Å². The zero-order valence-electron chi connectivity index (χ0n) is 5.74. The van der Waals surface area contributed by atoms with Crippen molar-refractivity contribution in [1.82, 2.24) is 0 Å². The third-order valence-corrected chi connectivity index (χ3v) is 1.19. The molecule has 0 aromatic heterocycles. The van der Waals surface area contributed by atoms with Gasteiger partial charge in [0.2, 0.25) is 0 Å². The molecule has 0 atom stereocenters. The van der Waals surface area contributed by atoms with Crippen LogP contribution in [0.2, 0.25) is 0 Å². The first-order chi connectivity index (χ1) is 5.18. The Labute approximate surface area is 63.9 Å². The molecule has 0 saturated heterocycles. The van der Waals surface area contributed by atoms with Crippen LogP contribution in [0.1, 0.15) is 5.56 Å². The molecule has 2 N–H and O–H groups in total. The van der Waals surface area contributed by atoms with Crippen molar-refractivity contribution in [2.24, 2.45) is 0 Å². The van der Waals surface area contributed by atoms with Crippen molar-refractivity contribution in [2.45, 2.75) is 6.42 Å². The van der Waals surface area contributed by atoms with Gasteiger partial charge >= 0.3 is 5.97 Å². The van der Waals surface area contributed by atoms with Crippen LogP contribution in [0.15, 0.2) is 18.2 Å². The molecule has 0 amide bonds. The summed E-state index contributed by atoms with van der Waals surface area (Å²) in [6.07, 6.45) is -0.0785. The zero-order valence-corrected chi connectivity index (χ0v) is 5.74. The van der Waals surface area contributed by atoms with E-state index < -0.39 is 5.97 Å². The molecule has 3 nitrogen and oxygen atoms in total. The molecule has 11 heavy (non-hydrogen) atoms. The predicted molar refractivity (Wildman–Crippen MR) is 38.3 cm³/mol. The summed E-state index contributed by atoms with van der Waals surface area (Å²) in [6, 6.07) is 6.94. The summed E-state index contributed by atoms with van der Waals surface area (Å²) in [7, 11) is 0. The lowest BCUT2D eigenvalue weighted by molar-refractivity contribution is -0.136. The van der Waals surface area contributed by atoms with Crippen molar-refractivity contribution < 1.29 is 15.0 Å². The normalized spacial score (nSPS) is 9.45. The molecule has 0 fully saturated rings. The number of hydrogen-bond donors (Lipinski definition) is 2. The number of benzene rings is 1. The first kappa shape index (κ1) is 7.60. The Morgan fingerprint density at radius 1 is 1.55 bits per heavy atom. The maximum atomic E-state index is 10.2. The summed E-state index contributed by atoms with van der Waals surface area (Å²) >= 11 is 0. The molecule has 57 valence electrons. The highest BCUT2D eigenvalue weighted by molar-refractivity contribution is 5.70. The molecule has 0 saturated carbocycles. The Kier molecular flexibility index (Phi) is 2.11. The molecular weight excluding hydrogens is 144 g/mol. The fourth-order valence-electron chi connectivity index (χ4n) is 0.784. The average Bonchev–Trinajstić information content (AvgIpc) is 1.85. The standard InChI is InChI=1S/C8H7O3/c9-7-3-1-2-6(4-7)5-8(10)11/h2-4,9H,5H2,(H,10,11). The van der Waals surface area contributed by atoms with Crippen molar-refractivity contribution in [1.29, 1.82) is 0 Å². The van der Waals surface area contributed by atoms with E-state index in [0.29, 0.717) is 5.56 Å². The number of phenols is 1. The second kappa shape index (κ2) is 3.05. The summed E-state index contributed by atoms with van der Waals surface area (Å²) in [5.41, 5.74) is 0.553. The van der Waals surface area contributed by atoms with Crippen molar-refractivity contribution in [3.63, 3.8) is 0 Å². The monoisotopic (exact) mass is 151 g/mol. The fraction of sp³-hybridized carbons (Fsp3) is 0.125. The van der Waals surface area contributed by atoms with Gasteiger partial charge in [-0.05, 0) is 23.8 Å². The van der Waals surface area contributed by atoms with E-state index in [2.05, 4.69) is 6.07 Å². The number of aliphatic carboxylic acids is 1. The lowest BCUT2D eigenvalue weighted by Crippen LogP contribution is -1.99. The number of phenolic OH excluding ortho intramolecular Hbond substituents is 1. The first-order valence-electron chi connectivity index (χ1n) is 3.09. The SMILES string of the molecule is O=C(O)Cc1c[c]cc(O)c1. The molecule has 1 aromatic rings. The summed E-state index contributed by atoms with van der Waals surface area (Å²) in [4.78, 5) is 10.2. The highest BCUT2D eigenvalue weighted by Gasteiger charge is 1.99. The molecule has 0 spiro atoms. The average molecular weight is 151 g/mol. The summed E-state index contributed by atoms with van der Waals surface area (Å²) in [5, 5.41) is 17.3. The quantitative estimate of drug-likeness (QED) is 0.657. The lowest BCUT2D eigenvalue weighted by Gasteiger charge is -1.95. The Morgan fingerprint density at radius 2 is 2.27 bits per heavy atom. The van der Waals surface area contributed by atoms with Crippen molar-refractivity contribution in [3.8, 4) is 5.75 Å². The number of carboxylic acids is 1. The number of rotatable bonds is 2. The molecule has 1 aromatic carbocycles. The topological polar surface area (TPSA) is 57.5 Å². The van der Waals surface area contributed by atoms with Crippen LogP contribution >= 0.6 is 0 Å². The Balaban J connectivity index is 2.79. The zero-order chi connectivity index (χ0) is 8.27. The fourth-order valence-corrected chi connectivity index (χ4v) is 0.784. The van der Waals surface area contributed by atoms with Crippen LogP contribution in [0.4, 0.5) is 0 Å². The van der Waals surface area contributed by atoms with E-state index in [-0.39, 0.29) is 12.2 Å². The Bertz CT molecular complexity index is 268. The van der Waals surface area contributed by atoms with Gasteiger partial charge in [-0.3, -0.25) is 4.79 Å². The van der Waals surface area contributed by atoms with Crippen molar-refractivity contribution in [2.75, 3.05) is 0 Å². The van der Waals surface area contributed by atoms with Crippen LogP contribution < -0.4 is 0 Å². The van der Waals surface area contributed by atoms with E-state index in [9.17, 15) is 4.79 Å². The first-order valence-corrected chi connectivity index (χ1v) is 3.09. The number of carbonyl (C=O) groups is 1. The van der Waals surface area contributed by atoms with Gasteiger partial charge in [-0.25, -0.2) is 0 Å². The van der Waals surface area contributed by atoms with Gasteiger partial charge in [-0.1, -0.05) is 6.07 Å². The molecule has 0 aliphatic rings. The van der Waals surface area contributed by atoms with Crippen LogP contribution in [0.25, 0.3) is 0 Å². The van der Waals surface area contributed by atoms with Gasteiger partial charge in [0.15, 0.2) is 0 Å². The molecule has 0 unspecified atom stereocenters. The van der Waals surface area contributed by atoms with Gasteiger partial charge in [-0.2, -0.15) is 0 Å². The summed E-state index contributed by atoms with van der Waals surface area (Å²) in [5.74, 6) is -0.868. The Morgan fingerprint density at radius 3 is 2.82 bits per heavy atom. The molecule has 1 rings (SSSR count). The smallest absolute Gasteiger partial charge is 0.307 e. The van der Waals surface area contributed by atoms with E-state index in [1.807, 2.05) is 0 Å². The van der Waals surface area contributed by atoms with Crippen LogP contribution in [0.5, 0.6) is 5.75 Å². The summed E-state index contributed by atoms with van der Waals surface area (Å²) in [6.45, 7) is 0. The maximum Gasteiger partial charge on any atom is 0.307 e. The molecule has 3 heteroatoms. The third-order valence-electron chi connectivity index (χ3n) is 1.19. The van der Waals surface area contributed by atoms with E-state index >= 15 is 0 Å².